The van der Waals surface area contributed by atoms with Gasteiger partial charge in [-0.3, -0.25) is 4.98 Å². The van der Waals surface area contributed by atoms with Gasteiger partial charge >= 0.3 is 6.03 Å². The van der Waals surface area contributed by atoms with E-state index in [1.54, 1.807) is 36.5 Å². The summed E-state index contributed by atoms with van der Waals surface area (Å²) >= 11 is 0. The number of hydrogen-bond donors (Lipinski definition) is 2. The van der Waals surface area contributed by atoms with E-state index in [9.17, 15) is 9.90 Å². The Labute approximate surface area is 141 Å². The quantitative estimate of drug-likeness (QED) is 0.909. The normalized spacial score (nSPS) is 16.5. The highest BCUT2D eigenvalue weighted by atomic mass is 16.5. The van der Waals surface area contributed by atoms with Crippen molar-refractivity contribution in [2.75, 3.05) is 25.5 Å². The number of carbonyl (C=O) groups excluding carboxylic acids is 1. The fourth-order valence-electron chi connectivity index (χ4n) is 2.95. The molecule has 3 rings (SSSR count). The first-order valence-electron chi connectivity index (χ1n) is 7.94. The van der Waals surface area contributed by atoms with E-state index in [0.29, 0.717) is 37.4 Å². The molecule has 6 nitrogen and oxygen atoms in total. The van der Waals surface area contributed by atoms with Gasteiger partial charge in [0.05, 0.1) is 18.4 Å². The van der Waals surface area contributed by atoms with E-state index in [-0.39, 0.29) is 6.03 Å². The number of aliphatic hydroxyl groups is 1. The van der Waals surface area contributed by atoms with Crippen molar-refractivity contribution in [3.8, 4) is 5.75 Å². The molecule has 24 heavy (non-hydrogen) atoms. The maximum absolute atomic E-state index is 12.4. The highest BCUT2D eigenvalue weighted by Crippen LogP contribution is 2.32. The largest absolute Gasteiger partial charge is 0.495 e. The number of urea groups is 1. The first-order chi connectivity index (χ1) is 11.6. The van der Waals surface area contributed by atoms with E-state index in [2.05, 4.69) is 10.3 Å². The van der Waals surface area contributed by atoms with E-state index in [1.807, 2.05) is 24.3 Å². The van der Waals surface area contributed by atoms with Gasteiger partial charge in [0.1, 0.15) is 5.75 Å². The molecule has 2 heterocycles. The Bertz CT molecular complexity index is 698. The molecule has 0 saturated carbocycles. The van der Waals surface area contributed by atoms with Crippen LogP contribution in [0.3, 0.4) is 0 Å². The topological polar surface area (TPSA) is 74.7 Å². The number of aromatic nitrogens is 1. The molecule has 2 aromatic rings. The highest BCUT2D eigenvalue weighted by Gasteiger charge is 2.35. The van der Waals surface area contributed by atoms with Crippen molar-refractivity contribution in [1.29, 1.82) is 0 Å². The minimum absolute atomic E-state index is 0.187. The van der Waals surface area contributed by atoms with Crippen molar-refractivity contribution in [2.24, 2.45) is 0 Å². The maximum atomic E-state index is 12.4. The number of rotatable bonds is 3. The molecule has 1 saturated heterocycles. The van der Waals surface area contributed by atoms with Crippen molar-refractivity contribution in [2.45, 2.75) is 18.4 Å². The fraction of sp³-hybridized carbons (Fsp3) is 0.333. The van der Waals surface area contributed by atoms with Crippen LogP contribution in [0.4, 0.5) is 10.5 Å². The Balaban J connectivity index is 1.63. The van der Waals surface area contributed by atoms with Crippen molar-refractivity contribution in [3.05, 3.63) is 54.4 Å². The second-order valence-electron chi connectivity index (χ2n) is 5.89. The van der Waals surface area contributed by atoms with E-state index in [0.717, 1.165) is 5.56 Å². The summed E-state index contributed by atoms with van der Waals surface area (Å²) in [6.07, 6.45) is 4.34. The van der Waals surface area contributed by atoms with Gasteiger partial charge in [0.25, 0.3) is 0 Å². The lowest BCUT2D eigenvalue weighted by Crippen LogP contribution is -2.46. The maximum Gasteiger partial charge on any atom is 0.321 e. The molecular weight excluding hydrogens is 306 g/mol. The van der Waals surface area contributed by atoms with Crippen LogP contribution in [0.5, 0.6) is 5.75 Å². The molecule has 1 aromatic carbocycles. The van der Waals surface area contributed by atoms with Crippen molar-refractivity contribution in [1.82, 2.24) is 9.88 Å². The number of piperidine rings is 1. The number of nitrogens with zero attached hydrogens (tertiary/aromatic N) is 2. The smallest absolute Gasteiger partial charge is 0.321 e. The number of nitrogens with one attached hydrogen (secondary N) is 1. The minimum Gasteiger partial charge on any atom is -0.495 e. The first-order valence-corrected chi connectivity index (χ1v) is 7.94. The lowest BCUT2D eigenvalue weighted by molar-refractivity contribution is -0.0159. The summed E-state index contributed by atoms with van der Waals surface area (Å²) in [5, 5.41) is 13.7. The average molecular weight is 327 g/mol. The number of para-hydroxylation sites is 2. The Kier molecular flexibility index (Phi) is 4.66. The lowest BCUT2D eigenvalue weighted by atomic mass is 9.85. The third-order valence-corrected chi connectivity index (χ3v) is 4.43. The molecule has 0 radical (unpaired) electrons. The van der Waals surface area contributed by atoms with Gasteiger partial charge < -0.3 is 20.1 Å². The van der Waals surface area contributed by atoms with Crippen LogP contribution >= 0.6 is 0 Å². The monoisotopic (exact) mass is 327 g/mol. The Morgan fingerprint density at radius 2 is 2.00 bits per heavy atom. The number of likely N-dealkylation sites (tertiary alicyclic amines) is 1. The third-order valence-electron chi connectivity index (χ3n) is 4.43. The molecule has 2 N–H and O–H groups in total. The molecule has 0 atom stereocenters. The van der Waals surface area contributed by atoms with E-state index in [1.165, 1.54) is 0 Å². The van der Waals surface area contributed by atoms with E-state index in [4.69, 9.17) is 4.74 Å². The molecule has 0 aliphatic carbocycles. The molecule has 126 valence electrons. The van der Waals surface area contributed by atoms with E-state index < -0.39 is 5.60 Å². The van der Waals surface area contributed by atoms with Gasteiger partial charge in [0, 0.05) is 31.0 Å². The fourth-order valence-corrected chi connectivity index (χ4v) is 2.95. The molecule has 0 spiro atoms. The molecule has 0 bridgehead atoms. The summed E-state index contributed by atoms with van der Waals surface area (Å²) < 4.78 is 5.24. The van der Waals surface area contributed by atoms with Gasteiger partial charge in [0.15, 0.2) is 0 Å². The Morgan fingerprint density at radius 1 is 1.25 bits per heavy atom. The zero-order valence-electron chi connectivity index (χ0n) is 13.6. The molecule has 1 aromatic heterocycles. The molecule has 1 aliphatic rings. The second kappa shape index (κ2) is 6.88. The average Bonchev–Trinajstić information content (AvgIpc) is 2.63. The Hall–Kier alpha value is -2.60. The Morgan fingerprint density at radius 3 is 2.67 bits per heavy atom. The number of pyridine rings is 1. The molecule has 6 heteroatoms. The molecule has 0 unspecified atom stereocenters. The first kappa shape index (κ1) is 16.3. The highest BCUT2D eigenvalue weighted by molar-refractivity contribution is 5.91. The number of hydrogen-bond acceptors (Lipinski definition) is 4. The minimum atomic E-state index is -0.921. The number of ether oxygens (including phenoxy) is 1. The van der Waals surface area contributed by atoms with Crippen LogP contribution in [-0.2, 0) is 5.60 Å². The van der Waals surface area contributed by atoms with Gasteiger partial charge in [-0.15, -0.1) is 0 Å². The van der Waals surface area contributed by atoms with Crippen LogP contribution < -0.4 is 10.1 Å². The van der Waals surface area contributed by atoms with Crippen LogP contribution in [0.25, 0.3) is 0 Å². The number of methoxy groups -OCH3 is 1. The van der Waals surface area contributed by atoms with Gasteiger partial charge in [0.2, 0.25) is 0 Å². The van der Waals surface area contributed by atoms with Crippen LogP contribution in [0.15, 0.2) is 48.8 Å². The summed E-state index contributed by atoms with van der Waals surface area (Å²) in [6, 6.07) is 10.8. The van der Waals surface area contributed by atoms with Gasteiger partial charge in [-0.2, -0.15) is 0 Å². The van der Waals surface area contributed by atoms with Crippen molar-refractivity contribution >= 4 is 11.7 Å². The predicted octanol–water partition coefficient (Wildman–Crippen LogP) is 2.61. The molecule has 1 aliphatic heterocycles. The standard InChI is InChI=1S/C18H21N3O3/c1-24-16-7-3-2-6-15(16)20-17(22)21-11-8-18(23,9-12-21)14-5-4-10-19-13-14/h2-7,10,13,23H,8-9,11-12H2,1H3,(H,20,22). The number of benzene rings is 1. The molecular formula is C18H21N3O3. The predicted molar refractivity (Wildman–Crippen MR) is 91.0 cm³/mol. The van der Waals surface area contributed by atoms with Gasteiger partial charge in [-0.05, 0) is 31.0 Å². The third kappa shape index (κ3) is 3.33. The van der Waals surface area contributed by atoms with Crippen LogP contribution in [0, 0.1) is 0 Å². The summed E-state index contributed by atoms with van der Waals surface area (Å²) in [7, 11) is 1.57. The van der Waals surface area contributed by atoms with Crippen LogP contribution in [-0.4, -0.2) is 41.2 Å². The zero-order valence-corrected chi connectivity index (χ0v) is 13.6. The number of carbonyl (C=O) groups is 1. The van der Waals surface area contributed by atoms with Gasteiger partial charge in [-0.1, -0.05) is 18.2 Å². The SMILES string of the molecule is COc1ccccc1NC(=O)N1CCC(O)(c2cccnc2)CC1. The zero-order chi connectivity index (χ0) is 17.0. The summed E-state index contributed by atoms with van der Waals surface area (Å²) in [4.78, 5) is 18.2. The van der Waals surface area contributed by atoms with Crippen LogP contribution in [0.2, 0.25) is 0 Å². The van der Waals surface area contributed by atoms with E-state index >= 15 is 0 Å². The summed E-state index contributed by atoms with van der Waals surface area (Å²) in [5.74, 6) is 0.620. The lowest BCUT2D eigenvalue weighted by Gasteiger charge is -2.38. The number of amides is 2. The van der Waals surface area contributed by atoms with Gasteiger partial charge in [-0.25, -0.2) is 4.79 Å². The number of anilines is 1. The van der Waals surface area contributed by atoms with Crippen molar-refractivity contribution in [3.63, 3.8) is 0 Å². The second-order valence-corrected chi connectivity index (χ2v) is 5.89. The summed E-state index contributed by atoms with van der Waals surface area (Å²) in [6.45, 7) is 0.957. The summed E-state index contributed by atoms with van der Waals surface area (Å²) in [5.41, 5.74) is 0.517. The van der Waals surface area contributed by atoms with Crippen molar-refractivity contribution < 1.29 is 14.6 Å². The molecule has 1 fully saturated rings. The molecule has 2 amide bonds. The van der Waals surface area contributed by atoms with Crippen LogP contribution in [0.1, 0.15) is 18.4 Å².